The van der Waals surface area contributed by atoms with Crippen molar-refractivity contribution in [3.63, 3.8) is 0 Å². The summed E-state index contributed by atoms with van der Waals surface area (Å²) in [7, 11) is 0. The van der Waals surface area contributed by atoms with E-state index >= 15 is 0 Å². The second-order valence-corrected chi connectivity index (χ2v) is 5.43. The molecule has 21 heavy (non-hydrogen) atoms. The standard InChI is InChI=1S/C16H17F2N3/c1-11-8-19-9-14(20-11)15-6-3-7-21(15)10-12-4-2-5-13(17)16(12)18/h2,4-5,8-9,15H,3,6-7,10H2,1H3/t15-/m0/s1. The van der Waals surface area contributed by atoms with Gasteiger partial charge >= 0.3 is 0 Å². The van der Waals surface area contributed by atoms with Crippen LogP contribution in [0, 0.1) is 18.6 Å². The van der Waals surface area contributed by atoms with Crippen LogP contribution in [-0.2, 0) is 6.54 Å². The average Bonchev–Trinajstić information content (AvgIpc) is 2.92. The monoisotopic (exact) mass is 289 g/mol. The first-order chi connectivity index (χ1) is 10.1. The number of rotatable bonds is 3. The van der Waals surface area contributed by atoms with Crippen molar-refractivity contribution in [2.24, 2.45) is 0 Å². The number of nitrogens with zero attached hydrogens (tertiary/aromatic N) is 3. The van der Waals surface area contributed by atoms with E-state index in [2.05, 4.69) is 14.9 Å². The first kappa shape index (κ1) is 14.1. The highest BCUT2D eigenvalue weighted by Crippen LogP contribution is 2.32. The third-order valence-electron chi connectivity index (χ3n) is 3.88. The lowest BCUT2D eigenvalue weighted by atomic mass is 10.1. The van der Waals surface area contributed by atoms with E-state index < -0.39 is 11.6 Å². The van der Waals surface area contributed by atoms with Crippen molar-refractivity contribution in [2.45, 2.75) is 32.4 Å². The summed E-state index contributed by atoms with van der Waals surface area (Å²) < 4.78 is 27.1. The van der Waals surface area contributed by atoms with Crippen molar-refractivity contribution in [3.05, 3.63) is 59.2 Å². The second kappa shape index (κ2) is 5.85. The van der Waals surface area contributed by atoms with Gasteiger partial charge in [0.05, 0.1) is 17.4 Å². The Morgan fingerprint density at radius 1 is 1.29 bits per heavy atom. The Kier molecular flexibility index (Phi) is 3.92. The minimum absolute atomic E-state index is 0.125. The Labute approximate surface area is 122 Å². The summed E-state index contributed by atoms with van der Waals surface area (Å²) in [4.78, 5) is 10.8. The molecule has 1 aromatic heterocycles. The van der Waals surface area contributed by atoms with Gasteiger partial charge in [-0.1, -0.05) is 12.1 Å². The quantitative estimate of drug-likeness (QED) is 0.867. The van der Waals surface area contributed by atoms with Gasteiger partial charge in [-0.3, -0.25) is 14.9 Å². The van der Waals surface area contributed by atoms with E-state index in [-0.39, 0.29) is 6.04 Å². The number of likely N-dealkylation sites (tertiary alicyclic amines) is 1. The number of hydrogen-bond acceptors (Lipinski definition) is 3. The van der Waals surface area contributed by atoms with E-state index in [9.17, 15) is 8.78 Å². The fraction of sp³-hybridized carbons (Fsp3) is 0.375. The van der Waals surface area contributed by atoms with E-state index in [1.54, 1.807) is 24.5 Å². The minimum Gasteiger partial charge on any atom is -0.290 e. The molecule has 2 aromatic rings. The van der Waals surface area contributed by atoms with Gasteiger partial charge in [0.2, 0.25) is 0 Å². The lowest BCUT2D eigenvalue weighted by Gasteiger charge is -2.24. The molecule has 1 aliphatic heterocycles. The molecule has 1 aromatic carbocycles. The number of halogens is 2. The van der Waals surface area contributed by atoms with Crippen molar-refractivity contribution in [2.75, 3.05) is 6.54 Å². The van der Waals surface area contributed by atoms with Crippen LogP contribution < -0.4 is 0 Å². The number of hydrogen-bond donors (Lipinski definition) is 0. The van der Waals surface area contributed by atoms with E-state index in [4.69, 9.17) is 0 Å². The van der Waals surface area contributed by atoms with Crippen molar-refractivity contribution in [1.29, 1.82) is 0 Å². The summed E-state index contributed by atoms with van der Waals surface area (Å²) in [6, 6.07) is 4.45. The van der Waals surface area contributed by atoms with Gasteiger partial charge < -0.3 is 0 Å². The second-order valence-electron chi connectivity index (χ2n) is 5.43. The third kappa shape index (κ3) is 2.93. The maximum absolute atomic E-state index is 13.8. The van der Waals surface area contributed by atoms with Crippen LogP contribution >= 0.6 is 0 Å². The van der Waals surface area contributed by atoms with Gasteiger partial charge in [0.15, 0.2) is 11.6 Å². The number of aromatic nitrogens is 2. The van der Waals surface area contributed by atoms with E-state index in [1.807, 2.05) is 6.92 Å². The fourth-order valence-corrected chi connectivity index (χ4v) is 2.88. The number of benzene rings is 1. The molecule has 0 unspecified atom stereocenters. The molecule has 1 atom stereocenters. The van der Waals surface area contributed by atoms with E-state index in [1.165, 1.54) is 0 Å². The molecule has 0 spiro atoms. The molecule has 110 valence electrons. The molecule has 5 heteroatoms. The summed E-state index contributed by atoms with van der Waals surface area (Å²) in [5.74, 6) is -1.54. The Bertz CT molecular complexity index is 645. The molecule has 0 saturated carbocycles. The molecule has 0 bridgehead atoms. The minimum atomic E-state index is -0.793. The Hall–Kier alpha value is -1.88. The molecule has 0 amide bonds. The van der Waals surface area contributed by atoms with Crippen molar-refractivity contribution in [1.82, 2.24) is 14.9 Å². The van der Waals surface area contributed by atoms with Crippen LogP contribution in [0.3, 0.4) is 0 Å². The molecule has 1 fully saturated rings. The first-order valence-corrected chi connectivity index (χ1v) is 7.10. The van der Waals surface area contributed by atoms with Gasteiger partial charge in [-0.2, -0.15) is 0 Å². The molecule has 0 radical (unpaired) electrons. The van der Waals surface area contributed by atoms with Gasteiger partial charge in [0.25, 0.3) is 0 Å². The Morgan fingerprint density at radius 3 is 2.95 bits per heavy atom. The topological polar surface area (TPSA) is 29.0 Å². The zero-order valence-electron chi connectivity index (χ0n) is 11.9. The zero-order chi connectivity index (χ0) is 14.8. The summed E-state index contributed by atoms with van der Waals surface area (Å²) in [6.07, 6.45) is 5.47. The Balaban J connectivity index is 1.83. The highest BCUT2D eigenvalue weighted by atomic mass is 19.2. The van der Waals surface area contributed by atoms with Crippen molar-refractivity contribution >= 4 is 0 Å². The fourth-order valence-electron chi connectivity index (χ4n) is 2.88. The first-order valence-electron chi connectivity index (χ1n) is 7.10. The van der Waals surface area contributed by atoms with Crippen LogP contribution in [-0.4, -0.2) is 21.4 Å². The van der Waals surface area contributed by atoms with E-state index in [0.717, 1.165) is 36.8 Å². The summed E-state index contributed by atoms with van der Waals surface area (Å²) >= 11 is 0. The van der Waals surface area contributed by atoms with Crippen LogP contribution in [0.1, 0.15) is 35.8 Å². The van der Waals surface area contributed by atoms with Crippen LogP contribution in [0.15, 0.2) is 30.6 Å². The predicted octanol–water partition coefficient (Wildman–Crippen LogP) is 3.40. The lowest BCUT2D eigenvalue weighted by molar-refractivity contribution is 0.239. The maximum atomic E-state index is 13.8. The summed E-state index contributed by atoms with van der Waals surface area (Å²) in [6.45, 7) is 3.15. The molecule has 3 rings (SSSR count). The number of aryl methyl sites for hydroxylation is 1. The molecule has 1 saturated heterocycles. The van der Waals surface area contributed by atoms with Gasteiger partial charge in [0, 0.05) is 24.5 Å². The maximum Gasteiger partial charge on any atom is 0.163 e. The summed E-state index contributed by atoms with van der Waals surface area (Å²) in [5, 5.41) is 0. The SMILES string of the molecule is Cc1cncc([C@@H]2CCCN2Cc2cccc(F)c2F)n1. The molecule has 3 nitrogen and oxygen atoms in total. The van der Waals surface area contributed by atoms with Crippen LogP contribution in [0.4, 0.5) is 8.78 Å². The molecule has 0 N–H and O–H groups in total. The highest BCUT2D eigenvalue weighted by molar-refractivity contribution is 5.20. The van der Waals surface area contributed by atoms with Gasteiger partial charge in [-0.25, -0.2) is 8.78 Å². The largest absolute Gasteiger partial charge is 0.290 e. The van der Waals surface area contributed by atoms with Gasteiger partial charge in [-0.15, -0.1) is 0 Å². The van der Waals surface area contributed by atoms with Gasteiger partial charge in [-0.05, 0) is 32.4 Å². The van der Waals surface area contributed by atoms with Gasteiger partial charge in [0.1, 0.15) is 0 Å². The van der Waals surface area contributed by atoms with Crippen LogP contribution in [0.5, 0.6) is 0 Å². The average molecular weight is 289 g/mol. The van der Waals surface area contributed by atoms with Crippen LogP contribution in [0.25, 0.3) is 0 Å². The van der Waals surface area contributed by atoms with Crippen LogP contribution in [0.2, 0.25) is 0 Å². The lowest BCUT2D eigenvalue weighted by Crippen LogP contribution is -2.24. The van der Waals surface area contributed by atoms with Crippen molar-refractivity contribution < 1.29 is 8.78 Å². The summed E-state index contributed by atoms with van der Waals surface area (Å²) in [5.41, 5.74) is 2.17. The third-order valence-corrected chi connectivity index (χ3v) is 3.88. The molecule has 0 aliphatic carbocycles. The molecule has 1 aliphatic rings. The normalized spacial score (nSPS) is 19.1. The predicted molar refractivity (Wildman–Crippen MR) is 75.5 cm³/mol. The molecule has 2 heterocycles. The van der Waals surface area contributed by atoms with E-state index in [0.29, 0.717) is 12.1 Å². The highest BCUT2D eigenvalue weighted by Gasteiger charge is 2.28. The zero-order valence-corrected chi connectivity index (χ0v) is 11.9. The Morgan fingerprint density at radius 2 is 2.14 bits per heavy atom. The smallest absolute Gasteiger partial charge is 0.163 e. The molecular weight excluding hydrogens is 272 g/mol. The van der Waals surface area contributed by atoms with Crippen molar-refractivity contribution in [3.8, 4) is 0 Å². The molecular formula is C16H17F2N3.